The number of benzene rings is 3. The van der Waals surface area contributed by atoms with Crippen molar-refractivity contribution in [1.82, 2.24) is 9.80 Å². The molecular weight excluding hydrogens is 467 g/mol. The van der Waals surface area contributed by atoms with E-state index in [1.165, 1.54) is 24.3 Å². The highest BCUT2D eigenvalue weighted by atomic mass is 32.2. The van der Waals surface area contributed by atoms with Crippen LogP contribution in [0, 0.1) is 27.3 Å². The molecule has 1 fully saturated rings. The Kier molecular flexibility index (Phi) is 7.75. The largest absolute Gasteiger partial charge is 0.337 e. The lowest BCUT2D eigenvalue weighted by molar-refractivity contribution is -0.384. The number of nitrogens with zero attached hydrogens (tertiary/aromatic N) is 4. The second kappa shape index (κ2) is 11.1. The minimum absolute atomic E-state index is 0.177. The number of nitriles is 1. The monoisotopic (exact) mass is 490 g/mol. The Morgan fingerprint density at radius 1 is 1.03 bits per heavy atom. The van der Waals surface area contributed by atoms with Crippen LogP contribution in [0.25, 0.3) is 0 Å². The average molecular weight is 491 g/mol. The van der Waals surface area contributed by atoms with Gasteiger partial charge < -0.3 is 4.90 Å². The lowest BCUT2D eigenvalue weighted by Crippen LogP contribution is -2.35. The highest BCUT2D eigenvalue weighted by Crippen LogP contribution is 2.34. The van der Waals surface area contributed by atoms with Gasteiger partial charge in [0, 0.05) is 54.6 Å². The maximum absolute atomic E-state index is 14.2. The molecular formula is C26H23FN4O3S. The van der Waals surface area contributed by atoms with Gasteiger partial charge >= 0.3 is 0 Å². The molecule has 35 heavy (non-hydrogen) atoms. The third kappa shape index (κ3) is 6.04. The van der Waals surface area contributed by atoms with Crippen LogP contribution in [-0.4, -0.2) is 46.8 Å². The normalized spacial score (nSPS) is 14.2. The zero-order valence-corrected chi connectivity index (χ0v) is 19.7. The minimum atomic E-state index is -0.532. The molecule has 3 aromatic rings. The van der Waals surface area contributed by atoms with Crippen LogP contribution >= 0.6 is 11.8 Å². The second-order valence-corrected chi connectivity index (χ2v) is 9.28. The van der Waals surface area contributed by atoms with Crippen LogP contribution in [0.3, 0.4) is 0 Å². The van der Waals surface area contributed by atoms with E-state index in [0.717, 1.165) is 30.3 Å². The topological polar surface area (TPSA) is 90.5 Å². The van der Waals surface area contributed by atoms with Crippen molar-refractivity contribution in [2.24, 2.45) is 0 Å². The van der Waals surface area contributed by atoms with Crippen molar-refractivity contribution in [2.75, 3.05) is 26.2 Å². The molecule has 0 bridgehead atoms. The molecule has 7 nitrogen and oxygen atoms in total. The molecule has 1 aliphatic rings. The number of nitro groups is 1. The third-order valence-electron chi connectivity index (χ3n) is 5.83. The first-order valence-corrected chi connectivity index (χ1v) is 12.0. The van der Waals surface area contributed by atoms with Crippen molar-refractivity contribution in [2.45, 2.75) is 22.8 Å². The van der Waals surface area contributed by atoms with Crippen LogP contribution in [-0.2, 0) is 6.54 Å². The summed E-state index contributed by atoms with van der Waals surface area (Å²) >= 11 is 1.09. The number of nitro benzene ring substituents is 1. The number of carbonyl (C=O) groups is 1. The molecule has 0 unspecified atom stereocenters. The molecule has 4 rings (SSSR count). The molecule has 178 valence electrons. The van der Waals surface area contributed by atoms with Gasteiger partial charge in [0.25, 0.3) is 11.6 Å². The molecule has 0 aromatic heterocycles. The fourth-order valence-electron chi connectivity index (χ4n) is 3.98. The SMILES string of the molecule is N#Cc1ccc(CN2CCCN(C(=O)c3cc([N+](=O)[O-])ccc3Sc3ccccc3F)CC2)cc1. The molecule has 0 N–H and O–H groups in total. The van der Waals surface area contributed by atoms with Gasteiger partial charge in [-0.15, -0.1) is 0 Å². The first-order valence-electron chi connectivity index (χ1n) is 11.2. The van der Waals surface area contributed by atoms with E-state index in [0.29, 0.717) is 41.5 Å². The van der Waals surface area contributed by atoms with E-state index >= 15 is 0 Å². The second-order valence-electron chi connectivity index (χ2n) is 8.20. The van der Waals surface area contributed by atoms with Gasteiger partial charge in [0.15, 0.2) is 0 Å². The van der Waals surface area contributed by atoms with Crippen molar-refractivity contribution >= 4 is 23.4 Å². The van der Waals surface area contributed by atoms with Crippen molar-refractivity contribution in [3.05, 3.63) is 99.4 Å². The van der Waals surface area contributed by atoms with Crippen LogP contribution in [0.4, 0.5) is 10.1 Å². The summed E-state index contributed by atoms with van der Waals surface area (Å²) in [5.74, 6) is -0.713. The van der Waals surface area contributed by atoms with Gasteiger partial charge in [-0.1, -0.05) is 36.0 Å². The Labute approximate surface area is 206 Å². The molecule has 1 saturated heterocycles. The molecule has 3 aromatic carbocycles. The Hall–Kier alpha value is -3.74. The standard InChI is InChI=1S/C26H23FN4O3S/c27-23-4-1-2-5-25(23)35-24-11-10-21(31(33)34)16-22(24)26(32)30-13-3-12-29(14-15-30)18-20-8-6-19(17-28)7-9-20/h1-2,4-11,16H,3,12-15,18H2. The van der Waals surface area contributed by atoms with Gasteiger partial charge in [-0.2, -0.15) is 5.26 Å². The maximum Gasteiger partial charge on any atom is 0.270 e. The highest BCUT2D eigenvalue weighted by molar-refractivity contribution is 7.99. The van der Waals surface area contributed by atoms with Crippen LogP contribution < -0.4 is 0 Å². The average Bonchev–Trinajstić information content (AvgIpc) is 3.11. The molecule has 1 aliphatic heterocycles. The molecule has 0 radical (unpaired) electrons. The van der Waals surface area contributed by atoms with E-state index < -0.39 is 10.7 Å². The van der Waals surface area contributed by atoms with Gasteiger partial charge in [-0.25, -0.2) is 4.39 Å². The van der Waals surface area contributed by atoms with E-state index in [1.807, 2.05) is 12.1 Å². The number of amides is 1. The fraction of sp³-hybridized carbons (Fsp3) is 0.231. The van der Waals surface area contributed by atoms with Crippen LogP contribution in [0.5, 0.6) is 0 Å². The number of hydrogen-bond acceptors (Lipinski definition) is 6. The molecule has 9 heteroatoms. The van der Waals surface area contributed by atoms with E-state index in [2.05, 4.69) is 11.0 Å². The van der Waals surface area contributed by atoms with Gasteiger partial charge in [-0.3, -0.25) is 19.8 Å². The quantitative estimate of drug-likeness (QED) is 0.353. The number of carbonyl (C=O) groups excluding carboxylic acids is 1. The van der Waals surface area contributed by atoms with Crippen LogP contribution in [0.15, 0.2) is 76.5 Å². The first-order chi connectivity index (χ1) is 16.9. The van der Waals surface area contributed by atoms with Crippen molar-refractivity contribution in [3.63, 3.8) is 0 Å². The molecule has 1 amide bonds. The third-order valence-corrected chi connectivity index (χ3v) is 6.95. The number of halogens is 1. The highest BCUT2D eigenvalue weighted by Gasteiger charge is 2.25. The van der Waals surface area contributed by atoms with E-state index in [1.54, 1.807) is 35.2 Å². The predicted molar refractivity (Wildman–Crippen MR) is 131 cm³/mol. The smallest absolute Gasteiger partial charge is 0.270 e. The summed E-state index contributed by atoms with van der Waals surface area (Å²) in [5, 5.41) is 20.3. The van der Waals surface area contributed by atoms with Crippen molar-refractivity contribution < 1.29 is 14.1 Å². The Balaban J connectivity index is 1.51. The van der Waals surface area contributed by atoms with E-state index in [4.69, 9.17) is 5.26 Å². The lowest BCUT2D eigenvalue weighted by Gasteiger charge is -2.23. The summed E-state index contributed by atoms with van der Waals surface area (Å²) in [5.41, 5.74) is 1.73. The minimum Gasteiger partial charge on any atom is -0.337 e. The van der Waals surface area contributed by atoms with Gasteiger partial charge in [0.05, 0.1) is 22.1 Å². The van der Waals surface area contributed by atoms with Gasteiger partial charge in [0.2, 0.25) is 0 Å². The Bertz CT molecular complexity index is 1280. The zero-order valence-electron chi connectivity index (χ0n) is 18.9. The predicted octanol–water partition coefficient (Wildman–Crippen LogP) is 5.10. The van der Waals surface area contributed by atoms with E-state index in [9.17, 15) is 19.3 Å². The number of rotatable bonds is 6. The lowest BCUT2D eigenvalue weighted by atomic mass is 10.1. The summed E-state index contributed by atoms with van der Waals surface area (Å²) in [4.78, 5) is 29.1. The molecule has 0 spiro atoms. The summed E-state index contributed by atoms with van der Waals surface area (Å²) in [6.07, 6.45) is 0.757. The van der Waals surface area contributed by atoms with Crippen LogP contribution in [0.1, 0.15) is 27.9 Å². The van der Waals surface area contributed by atoms with Crippen LogP contribution in [0.2, 0.25) is 0 Å². The molecule has 0 aliphatic carbocycles. The summed E-state index contributed by atoms with van der Waals surface area (Å²) in [6, 6.07) is 19.9. The fourth-order valence-corrected chi connectivity index (χ4v) is 4.92. The molecule has 1 heterocycles. The number of non-ortho nitro benzene ring substituents is 1. The summed E-state index contributed by atoms with van der Waals surface area (Å²) in [7, 11) is 0. The summed E-state index contributed by atoms with van der Waals surface area (Å²) < 4.78 is 14.2. The zero-order chi connectivity index (χ0) is 24.8. The maximum atomic E-state index is 14.2. The van der Waals surface area contributed by atoms with Crippen molar-refractivity contribution in [1.29, 1.82) is 5.26 Å². The van der Waals surface area contributed by atoms with Gasteiger partial charge in [-0.05, 0) is 42.3 Å². The first kappa shape index (κ1) is 24.4. The van der Waals surface area contributed by atoms with Crippen molar-refractivity contribution in [3.8, 4) is 6.07 Å². The summed E-state index contributed by atoms with van der Waals surface area (Å²) in [6.45, 7) is 3.15. The Morgan fingerprint density at radius 2 is 1.80 bits per heavy atom. The van der Waals surface area contributed by atoms with E-state index in [-0.39, 0.29) is 17.2 Å². The Morgan fingerprint density at radius 3 is 2.51 bits per heavy atom. The van der Waals surface area contributed by atoms with Gasteiger partial charge in [0.1, 0.15) is 5.82 Å². The number of hydrogen-bond donors (Lipinski definition) is 0. The molecule has 0 saturated carbocycles. The molecule has 0 atom stereocenters.